The fraction of sp³-hybridized carbons (Fsp3) is 1.00. The van der Waals surface area contributed by atoms with Gasteiger partial charge < -0.3 is 5.11 Å². The van der Waals surface area contributed by atoms with Gasteiger partial charge in [0.25, 0.3) is 0 Å². The summed E-state index contributed by atoms with van der Waals surface area (Å²) in [6.07, 6.45) is 7.59. The van der Waals surface area contributed by atoms with E-state index in [-0.39, 0.29) is 0 Å². The normalized spacial score (nSPS) is 12.0. The standard InChI is InChI=1S/C14H30O/c1-12(2)7-9-14(6-5-11-15)10-8-13(3)4/h12-15H,5-11H2,1-4H3. The summed E-state index contributed by atoms with van der Waals surface area (Å²) in [6.45, 7) is 9.55. The van der Waals surface area contributed by atoms with Crippen LogP contribution in [0.25, 0.3) is 0 Å². The van der Waals surface area contributed by atoms with Crippen molar-refractivity contribution in [2.45, 2.75) is 66.2 Å². The maximum absolute atomic E-state index is 8.87. The maximum atomic E-state index is 8.87. The third kappa shape index (κ3) is 10.2. The Morgan fingerprint density at radius 2 is 1.20 bits per heavy atom. The zero-order valence-corrected chi connectivity index (χ0v) is 11.1. The molecule has 0 atom stereocenters. The van der Waals surface area contributed by atoms with Crippen LogP contribution in [-0.4, -0.2) is 11.7 Å². The van der Waals surface area contributed by atoms with Crippen LogP contribution in [0.2, 0.25) is 0 Å². The minimum Gasteiger partial charge on any atom is -0.396 e. The van der Waals surface area contributed by atoms with Crippen molar-refractivity contribution < 1.29 is 5.11 Å². The molecule has 0 spiro atoms. The first kappa shape index (κ1) is 15.0. The fourth-order valence-electron chi connectivity index (χ4n) is 1.95. The average Bonchev–Trinajstić information content (AvgIpc) is 2.16. The minimum atomic E-state index is 0.361. The molecule has 1 heteroatoms. The van der Waals surface area contributed by atoms with Crippen molar-refractivity contribution in [3.63, 3.8) is 0 Å². The molecule has 0 heterocycles. The number of hydrogen-bond acceptors (Lipinski definition) is 1. The summed E-state index contributed by atoms with van der Waals surface area (Å²) in [5, 5.41) is 8.87. The topological polar surface area (TPSA) is 20.2 Å². The van der Waals surface area contributed by atoms with Gasteiger partial charge >= 0.3 is 0 Å². The van der Waals surface area contributed by atoms with Crippen LogP contribution in [-0.2, 0) is 0 Å². The van der Waals surface area contributed by atoms with Crippen molar-refractivity contribution in [2.75, 3.05) is 6.61 Å². The van der Waals surface area contributed by atoms with Gasteiger partial charge in [0.1, 0.15) is 0 Å². The molecule has 0 aliphatic rings. The summed E-state index contributed by atoms with van der Waals surface area (Å²) in [7, 11) is 0. The van der Waals surface area contributed by atoms with Crippen molar-refractivity contribution >= 4 is 0 Å². The predicted octanol–water partition coefficient (Wildman–Crippen LogP) is 4.25. The Morgan fingerprint density at radius 3 is 1.53 bits per heavy atom. The minimum absolute atomic E-state index is 0.361. The molecule has 1 nitrogen and oxygen atoms in total. The van der Waals surface area contributed by atoms with Crippen LogP contribution in [0.5, 0.6) is 0 Å². The lowest BCUT2D eigenvalue weighted by molar-refractivity contribution is 0.257. The van der Waals surface area contributed by atoms with Gasteiger partial charge in [-0.3, -0.25) is 0 Å². The number of hydrogen-bond donors (Lipinski definition) is 1. The van der Waals surface area contributed by atoms with E-state index in [1.165, 1.54) is 32.1 Å². The summed E-state index contributed by atoms with van der Waals surface area (Å²) in [4.78, 5) is 0. The molecule has 0 rings (SSSR count). The van der Waals surface area contributed by atoms with Crippen LogP contribution in [0.1, 0.15) is 66.2 Å². The quantitative estimate of drug-likeness (QED) is 0.608. The van der Waals surface area contributed by atoms with Crippen LogP contribution >= 0.6 is 0 Å². The zero-order chi connectivity index (χ0) is 11.7. The predicted molar refractivity (Wildman–Crippen MR) is 68.0 cm³/mol. The second kappa shape index (κ2) is 9.21. The van der Waals surface area contributed by atoms with Crippen LogP contribution in [0, 0.1) is 17.8 Å². The average molecular weight is 214 g/mol. The van der Waals surface area contributed by atoms with E-state index in [1.54, 1.807) is 0 Å². The molecule has 0 radical (unpaired) electrons. The van der Waals surface area contributed by atoms with Gasteiger partial charge in [0, 0.05) is 6.61 Å². The monoisotopic (exact) mass is 214 g/mol. The van der Waals surface area contributed by atoms with Crippen molar-refractivity contribution in [1.29, 1.82) is 0 Å². The van der Waals surface area contributed by atoms with Gasteiger partial charge in [-0.1, -0.05) is 53.4 Å². The molecule has 0 saturated carbocycles. The molecule has 0 amide bonds. The Bertz CT molecular complexity index is 117. The second-order valence-corrected chi connectivity index (χ2v) is 5.67. The maximum Gasteiger partial charge on any atom is 0.0431 e. The third-order valence-corrected chi connectivity index (χ3v) is 3.08. The van der Waals surface area contributed by atoms with E-state index in [1.807, 2.05) is 0 Å². The Morgan fingerprint density at radius 1 is 0.733 bits per heavy atom. The number of aliphatic hydroxyl groups excluding tert-OH is 1. The third-order valence-electron chi connectivity index (χ3n) is 3.08. The highest BCUT2D eigenvalue weighted by atomic mass is 16.2. The van der Waals surface area contributed by atoms with Gasteiger partial charge in [-0.15, -0.1) is 0 Å². The molecule has 0 aromatic rings. The molecule has 92 valence electrons. The lowest BCUT2D eigenvalue weighted by atomic mass is 9.88. The zero-order valence-electron chi connectivity index (χ0n) is 11.1. The Balaban J connectivity index is 3.73. The molecular weight excluding hydrogens is 184 g/mol. The SMILES string of the molecule is CC(C)CCC(CCCO)CCC(C)C. The van der Waals surface area contributed by atoms with E-state index in [4.69, 9.17) is 5.11 Å². The molecule has 0 saturated heterocycles. The first-order chi connectivity index (χ1) is 7.06. The molecular formula is C14H30O. The highest BCUT2D eigenvalue weighted by molar-refractivity contribution is 4.62. The van der Waals surface area contributed by atoms with Gasteiger partial charge in [-0.05, 0) is 30.6 Å². The first-order valence-corrected chi connectivity index (χ1v) is 6.67. The van der Waals surface area contributed by atoms with Crippen LogP contribution in [0.3, 0.4) is 0 Å². The molecule has 0 aliphatic carbocycles. The molecule has 0 aliphatic heterocycles. The largest absolute Gasteiger partial charge is 0.396 e. The Hall–Kier alpha value is -0.0400. The molecule has 1 N–H and O–H groups in total. The van der Waals surface area contributed by atoms with Crippen molar-refractivity contribution in [3.05, 3.63) is 0 Å². The molecule has 0 aromatic heterocycles. The van der Waals surface area contributed by atoms with E-state index < -0.39 is 0 Å². The van der Waals surface area contributed by atoms with E-state index >= 15 is 0 Å². The van der Waals surface area contributed by atoms with Gasteiger partial charge in [0.15, 0.2) is 0 Å². The van der Waals surface area contributed by atoms with Gasteiger partial charge in [0.05, 0.1) is 0 Å². The summed E-state index contributed by atoms with van der Waals surface area (Å²) in [5.74, 6) is 2.49. The smallest absolute Gasteiger partial charge is 0.0431 e. The molecule has 0 unspecified atom stereocenters. The molecule has 15 heavy (non-hydrogen) atoms. The summed E-state index contributed by atoms with van der Waals surface area (Å²) in [6, 6.07) is 0. The summed E-state index contributed by atoms with van der Waals surface area (Å²) < 4.78 is 0. The Labute approximate surface area is 96.3 Å². The van der Waals surface area contributed by atoms with Gasteiger partial charge in [0.2, 0.25) is 0 Å². The van der Waals surface area contributed by atoms with E-state index in [0.717, 1.165) is 24.2 Å². The van der Waals surface area contributed by atoms with Crippen molar-refractivity contribution in [2.24, 2.45) is 17.8 Å². The lowest BCUT2D eigenvalue weighted by Gasteiger charge is -2.18. The lowest BCUT2D eigenvalue weighted by Crippen LogP contribution is -2.05. The van der Waals surface area contributed by atoms with E-state index in [9.17, 15) is 0 Å². The highest BCUT2D eigenvalue weighted by Crippen LogP contribution is 2.23. The van der Waals surface area contributed by atoms with Gasteiger partial charge in [-0.25, -0.2) is 0 Å². The van der Waals surface area contributed by atoms with E-state index in [2.05, 4.69) is 27.7 Å². The second-order valence-electron chi connectivity index (χ2n) is 5.67. The number of rotatable bonds is 9. The van der Waals surface area contributed by atoms with Crippen molar-refractivity contribution in [3.8, 4) is 0 Å². The van der Waals surface area contributed by atoms with Gasteiger partial charge in [-0.2, -0.15) is 0 Å². The van der Waals surface area contributed by atoms with Crippen LogP contribution in [0.4, 0.5) is 0 Å². The summed E-state index contributed by atoms with van der Waals surface area (Å²) in [5.41, 5.74) is 0. The Kier molecular flexibility index (Phi) is 9.18. The molecule has 0 bridgehead atoms. The van der Waals surface area contributed by atoms with Crippen molar-refractivity contribution in [1.82, 2.24) is 0 Å². The number of aliphatic hydroxyl groups is 1. The molecule has 0 fully saturated rings. The summed E-state index contributed by atoms with van der Waals surface area (Å²) >= 11 is 0. The molecule has 0 aromatic carbocycles. The van der Waals surface area contributed by atoms with Crippen LogP contribution in [0.15, 0.2) is 0 Å². The van der Waals surface area contributed by atoms with Crippen LogP contribution < -0.4 is 0 Å². The first-order valence-electron chi connectivity index (χ1n) is 6.67. The fourth-order valence-corrected chi connectivity index (χ4v) is 1.95. The van der Waals surface area contributed by atoms with E-state index in [0.29, 0.717) is 6.61 Å². The highest BCUT2D eigenvalue weighted by Gasteiger charge is 2.10.